The van der Waals surface area contributed by atoms with E-state index in [1.54, 1.807) is 11.8 Å². The number of hydrogen-bond donors (Lipinski definition) is 1. The molecule has 2 heterocycles. The first kappa shape index (κ1) is 16.0. The minimum Gasteiger partial charge on any atom is -0.451 e. The van der Waals surface area contributed by atoms with E-state index in [0.29, 0.717) is 5.82 Å². The third-order valence-electron chi connectivity index (χ3n) is 2.94. The van der Waals surface area contributed by atoms with Gasteiger partial charge in [-0.25, -0.2) is 13.8 Å². The number of halogens is 3. The molecule has 0 spiro atoms. The highest BCUT2D eigenvalue weighted by atomic mass is 35.5. The molecule has 2 aromatic rings. The molecular formula is C15H12ClF2N3OS. The topological polar surface area (TPSA) is 46.5 Å². The second-order valence-corrected chi connectivity index (χ2v) is 6.28. The summed E-state index contributed by atoms with van der Waals surface area (Å²) in [6.07, 6.45) is 0. The van der Waals surface area contributed by atoms with E-state index in [4.69, 9.17) is 16.3 Å². The van der Waals surface area contributed by atoms with E-state index >= 15 is 0 Å². The van der Waals surface area contributed by atoms with Gasteiger partial charge in [0.25, 0.3) is 0 Å². The second-order valence-electron chi connectivity index (χ2n) is 4.88. The van der Waals surface area contributed by atoms with Crippen LogP contribution in [0.2, 0.25) is 5.15 Å². The van der Waals surface area contributed by atoms with Gasteiger partial charge in [0.1, 0.15) is 16.7 Å². The van der Waals surface area contributed by atoms with E-state index < -0.39 is 17.4 Å². The molecule has 0 saturated carbocycles. The van der Waals surface area contributed by atoms with Gasteiger partial charge in [-0.15, -0.1) is 0 Å². The minimum atomic E-state index is -0.794. The average molecular weight is 356 g/mol. The maximum Gasteiger partial charge on any atom is 0.198 e. The quantitative estimate of drug-likeness (QED) is 0.810. The van der Waals surface area contributed by atoms with Gasteiger partial charge < -0.3 is 10.1 Å². The Labute approximate surface area is 140 Å². The van der Waals surface area contributed by atoms with Crippen molar-refractivity contribution in [2.75, 3.05) is 11.1 Å². The smallest absolute Gasteiger partial charge is 0.198 e. The summed E-state index contributed by atoms with van der Waals surface area (Å²) in [7, 11) is 0. The van der Waals surface area contributed by atoms with Gasteiger partial charge in [-0.2, -0.15) is 0 Å². The van der Waals surface area contributed by atoms with Crippen molar-refractivity contribution in [2.24, 2.45) is 4.99 Å². The lowest BCUT2D eigenvalue weighted by Gasteiger charge is -2.10. The number of pyridine rings is 1. The molecule has 1 N–H and O–H groups in total. The molecule has 1 aromatic heterocycles. The van der Waals surface area contributed by atoms with Crippen LogP contribution in [0, 0.1) is 11.6 Å². The first-order chi connectivity index (χ1) is 11.0. The zero-order valence-electron chi connectivity index (χ0n) is 12.0. The van der Waals surface area contributed by atoms with E-state index in [9.17, 15) is 8.78 Å². The predicted octanol–water partition coefficient (Wildman–Crippen LogP) is 4.71. The number of ether oxygens (including phenoxy) is 1. The van der Waals surface area contributed by atoms with Gasteiger partial charge in [0.2, 0.25) is 0 Å². The normalized spacial score (nSPS) is 17.0. The number of hydrogen-bond acceptors (Lipinski definition) is 5. The number of para-hydroxylation sites is 1. The summed E-state index contributed by atoms with van der Waals surface area (Å²) in [4.78, 5) is 8.48. The Bertz CT molecular complexity index is 752. The van der Waals surface area contributed by atoms with E-state index in [1.165, 1.54) is 18.2 Å². The molecule has 120 valence electrons. The maximum atomic E-state index is 13.7. The van der Waals surface area contributed by atoms with Crippen LogP contribution >= 0.6 is 23.4 Å². The van der Waals surface area contributed by atoms with E-state index in [2.05, 4.69) is 15.3 Å². The molecule has 0 saturated heterocycles. The number of aliphatic imine (C=N–C) groups is 1. The Balaban J connectivity index is 1.84. The van der Waals surface area contributed by atoms with Crippen LogP contribution < -0.4 is 10.1 Å². The molecule has 8 heteroatoms. The van der Waals surface area contributed by atoms with Crippen molar-refractivity contribution in [1.29, 1.82) is 0 Å². The highest BCUT2D eigenvalue weighted by Gasteiger charge is 2.16. The fourth-order valence-corrected chi connectivity index (χ4v) is 3.05. The molecule has 1 aromatic carbocycles. The molecule has 23 heavy (non-hydrogen) atoms. The zero-order chi connectivity index (χ0) is 16.4. The molecule has 0 radical (unpaired) electrons. The van der Waals surface area contributed by atoms with Crippen LogP contribution in [0.5, 0.6) is 11.5 Å². The van der Waals surface area contributed by atoms with Gasteiger partial charge in [0.15, 0.2) is 22.6 Å². The zero-order valence-corrected chi connectivity index (χ0v) is 13.6. The Hall–Kier alpha value is -1.86. The van der Waals surface area contributed by atoms with Crippen LogP contribution in [0.1, 0.15) is 6.92 Å². The third kappa shape index (κ3) is 3.92. The fourth-order valence-electron chi connectivity index (χ4n) is 1.95. The molecule has 1 aliphatic heterocycles. The van der Waals surface area contributed by atoms with Crippen molar-refractivity contribution in [3.8, 4) is 11.5 Å². The molecule has 1 atom stereocenters. The molecule has 1 aliphatic rings. The van der Waals surface area contributed by atoms with E-state index in [-0.39, 0.29) is 16.9 Å². The summed E-state index contributed by atoms with van der Waals surface area (Å²) in [5.41, 5.74) is 0. The van der Waals surface area contributed by atoms with Gasteiger partial charge in [-0.05, 0) is 19.1 Å². The van der Waals surface area contributed by atoms with Crippen molar-refractivity contribution < 1.29 is 13.5 Å². The van der Waals surface area contributed by atoms with Crippen LogP contribution in [0.15, 0.2) is 35.3 Å². The van der Waals surface area contributed by atoms with Crippen LogP contribution in [0.3, 0.4) is 0 Å². The molecule has 0 bridgehead atoms. The molecule has 4 nitrogen and oxygen atoms in total. The van der Waals surface area contributed by atoms with Crippen molar-refractivity contribution in [2.45, 2.75) is 13.0 Å². The highest BCUT2D eigenvalue weighted by Crippen LogP contribution is 2.30. The van der Waals surface area contributed by atoms with Crippen molar-refractivity contribution >= 4 is 34.3 Å². The van der Waals surface area contributed by atoms with Crippen LogP contribution in [-0.2, 0) is 0 Å². The number of aromatic nitrogens is 1. The first-order valence-corrected chi connectivity index (χ1v) is 8.14. The Kier molecular flexibility index (Phi) is 4.68. The summed E-state index contributed by atoms with van der Waals surface area (Å²) in [6, 6.07) is 6.61. The number of anilines is 1. The average Bonchev–Trinajstić information content (AvgIpc) is 2.88. The summed E-state index contributed by atoms with van der Waals surface area (Å²) in [5, 5.41) is 3.87. The van der Waals surface area contributed by atoms with Crippen molar-refractivity contribution in [3.05, 3.63) is 47.1 Å². The van der Waals surface area contributed by atoms with Crippen LogP contribution in [0.4, 0.5) is 14.6 Å². The number of nitrogens with one attached hydrogen (secondary N) is 1. The number of benzene rings is 1. The second kappa shape index (κ2) is 6.72. The van der Waals surface area contributed by atoms with Gasteiger partial charge in [0.05, 0.1) is 6.04 Å². The SMILES string of the molecule is CC1CSC(Nc2cc(Oc3c(F)cccc3F)cc(Cl)n2)=N1. The Morgan fingerprint density at radius 3 is 2.70 bits per heavy atom. The number of nitrogens with zero attached hydrogens (tertiary/aromatic N) is 2. The monoisotopic (exact) mass is 355 g/mol. The largest absolute Gasteiger partial charge is 0.451 e. The lowest BCUT2D eigenvalue weighted by Crippen LogP contribution is -2.07. The summed E-state index contributed by atoms with van der Waals surface area (Å²) in [6.45, 7) is 2.00. The molecule has 0 aliphatic carbocycles. The van der Waals surface area contributed by atoms with Crippen LogP contribution in [-0.4, -0.2) is 21.9 Å². The van der Waals surface area contributed by atoms with E-state index in [1.807, 2.05) is 6.92 Å². The standard InChI is InChI=1S/C15H12ClF2N3OS/c1-8-7-23-15(19-8)21-13-6-9(5-12(16)20-13)22-14-10(17)3-2-4-11(14)18/h2-6,8H,7H2,1H3,(H,19,20,21). The molecular weight excluding hydrogens is 344 g/mol. The van der Waals surface area contributed by atoms with Gasteiger partial charge >= 0.3 is 0 Å². The van der Waals surface area contributed by atoms with Crippen LogP contribution in [0.25, 0.3) is 0 Å². The maximum absolute atomic E-state index is 13.7. The molecule has 1 unspecified atom stereocenters. The highest BCUT2D eigenvalue weighted by molar-refractivity contribution is 8.14. The number of thioether (sulfide) groups is 1. The molecule has 0 amide bonds. The predicted molar refractivity (Wildman–Crippen MR) is 88.7 cm³/mol. The summed E-state index contributed by atoms with van der Waals surface area (Å²) < 4.78 is 32.6. The van der Waals surface area contributed by atoms with Gasteiger partial charge in [-0.3, -0.25) is 4.99 Å². The van der Waals surface area contributed by atoms with Gasteiger partial charge in [0, 0.05) is 17.9 Å². The Morgan fingerprint density at radius 2 is 2.04 bits per heavy atom. The van der Waals surface area contributed by atoms with Gasteiger partial charge in [-0.1, -0.05) is 29.4 Å². The summed E-state index contributed by atoms with van der Waals surface area (Å²) in [5.74, 6) is -0.624. The number of amidine groups is 1. The van der Waals surface area contributed by atoms with E-state index in [0.717, 1.165) is 23.1 Å². The molecule has 3 rings (SSSR count). The first-order valence-electron chi connectivity index (χ1n) is 6.78. The van der Waals surface area contributed by atoms with Crippen molar-refractivity contribution in [3.63, 3.8) is 0 Å². The molecule has 0 fully saturated rings. The fraction of sp³-hybridized carbons (Fsp3) is 0.200. The minimum absolute atomic E-state index is 0.137. The lowest BCUT2D eigenvalue weighted by atomic mass is 10.3. The summed E-state index contributed by atoms with van der Waals surface area (Å²) >= 11 is 7.51. The third-order valence-corrected chi connectivity index (χ3v) is 4.26. The lowest BCUT2D eigenvalue weighted by molar-refractivity contribution is 0.407. The Morgan fingerprint density at radius 1 is 1.30 bits per heavy atom. The van der Waals surface area contributed by atoms with Crippen molar-refractivity contribution in [1.82, 2.24) is 4.98 Å². The number of rotatable bonds is 3.